The van der Waals surface area contributed by atoms with Gasteiger partial charge in [0.25, 0.3) is 0 Å². The number of aryl methyl sites for hydroxylation is 2. The van der Waals surface area contributed by atoms with E-state index in [4.69, 9.17) is 0 Å². The zero-order chi connectivity index (χ0) is 12.4. The van der Waals surface area contributed by atoms with Crippen molar-refractivity contribution in [1.29, 1.82) is 0 Å². The maximum atomic E-state index is 12.7. The van der Waals surface area contributed by atoms with Gasteiger partial charge in [0.2, 0.25) is 5.95 Å². The van der Waals surface area contributed by atoms with Crippen LogP contribution in [0.1, 0.15) is 28.5 Å². The molecule has 2 aromatic heterocycles. The highest BCUT2D eigenvalue weighted by Gasteiger charge is 2.12. The molecule has 0 saturated heterocycles. The minimum atomic E-state index is -0.465. The Labute approximate surface area is 104 Å². The molecule has 0 aliphatic carbocycles. The zero-order valence-corrected chi connectivity index (χ0v) is 10.8. The zero-order valence-electron chi connectivity index (χ0n) is 9.99. The lowest BCUT2D eigenvalue weighted by Crippen LogP contribution is -2.06. The summed E-state index contributed by atoms with van der Waals surface area (Å²) < 4.78 is 12.7. The van der Waals surface area contributed by atoms with Gasteiger partial charge < -0.3 is 5.32 Å². The van der Waals surface area contributed by atoms with Gasteiger partial charge in [-0.05, 0) is 32.9 Å². The summed E-state index contributed by atoms with van der Waals surface area (Å²) in [5.74, 6) is -0.465. The first-order valence-corrected chi connectivity index (χ1v) is 6.20. The number of nitrogens with zero attached hydrogens (tertiary/aromatic N) is 2. The van der Waals surface area contributed by atoms with Crippen molar-refractivity contribution in [1.82, 2.24) is 9.97 Å². The van der Waals surface area contributed by atoms with Gasteiger partial charge in [0.1, 0.15) is 0 Å². The molecule has 0 aliphatic heterocycles. The smallest absolute Gasteiger partial charge is 0.212 e. The molecule has 0 amide bonds. The fraction of sp³-hybridized carbons (Fsp3) is 0.333. The fourth-order valence-electron chi connectivity index (χ4n) is 1.73. The van der Waals surface area contributed by atoms with Gasteiger partial charge in [-0.1, -0.05) is 0 Å². The summed E-state index contributed by atoms with van der Waals surface area (Å²) in [5, 5.41) is 4.34. The molecule has 2 rings (SSSR count). The van der Waals surface area contributed by atoms with E-state index in [0.717, 1.165) is 16.4 Å². The summed E-state index contributed by atoms with van der Waals surface area (Å²) in [6.45, 7) is 6.05. The number of nitrogens with one attached hydrogen (secondary N) is 1. The van der Waals surface area contributed by atoms with Gasteiger partial charge >= 0.3 is 0 Å². The van der Waals surface area contributed by atoms with Crippen molar-refractivity contribution in [2.75, 3.05) is 5.32 Å². The molecule has 2 aromatic rings. The lowest BCUT2D eigenvalue weighted by atomic mass is 10.2. The van der Waals surface area contributed by atoms with Gasteiger partial charge in [-0.25, -0.2) is 9.97 Å². The summed E-state index contributed by atoms with van der Waals surface area (Å²) in [4.78, 5) is 9.20. The van der Waals surface area contributed by atoms with Gasteiger partial charge in [0.05, 0.1) is 28.6 Å². The van der Waals surface area contributed by atoms with Crippen molar-refractivity contribution in [2.24, 2.45) is 0 Å². The van der Waals surface area contributed by atoms with E-state index >= 15 is 0 Å². The lowest BCUT2D eigenvalue weighted by Gasteiger charge is -2.13. The maximum Gasteiger partial charge on any atom is 0.212 e. The molecule has 1 atom stereocenters. The number of halogens is 1. The Kier molecular flexibility index (Phi) is 3.38. The molecule has 1 unspecified atom stereocenters. The highest BCUT2D eigenvalue weighted by atomic mass is 32.1. The summed E-state index contributed by atoms with van der Waals surface area (Å²) in [6, 6.07) is 3.18. The van der Waals surface area contributed by atoms with Crippen LogP contribution in [0.15, 0.2) is 18.3 Å². The second-order valence-corrected chi connectivity index (χ2v) is 5.15. The van der Waals surface area contributed by atoms with Crippen molar-refractivity contribution in [2.45, 2.75) is 26.8 Å². The van der Waals surface area contributed by atoms with Crippen molar-refractivity contribution >= 4 is 17.0 Å². The van der Waals surface area contributed by atoms with Gasteiger partial charge in [-0.3, -0.25) is 0 Å². The summed E-state index contributed by atoms with van der Waals surface area (Å²) in [5.41, 5.74) is 1.85. The molecule has 2 heterocycles. The topological polar surface area (TPSA) is 37.8 Å². The van der Waals surface area contributed by atoms with E-state index in [1.54, 1.807) is 17.4 Å². The first-order valence-electron chi connectivity index (χ1n) is 5.38. The Bertz CT molecular complexity index is 507. The Morgan fingerprint density at radius 3 is 2.65 bits per heavy atom. The highest BCUT2D eigenvalue weighted by Crippen LogP contribution is 2.27. The van der Waals surface area contributed by atoms with Gasteiger partial charge in [-0.2, -0.15) is 4.39 Å². The van der Waals surface area contributed by atoms with E-state index in [1.165, 1.54) is 17.1 Å². The van der Waals surface area contributed by atoms with Crippen LogP contribution in [0.2, 0.25) is 0 Å². The van der Waals surface area contributed by atoms with E-state index in [0.29, 0.717) is 0 Å². The van der Waals surface area contributed by atoms with Gasteiger partial charge in [-0.15, -0.1) is 11.3 Å². The molecule has 0 saturated carbocycles. The second kappa shape index (κ2) is 4.79. The molecule has 3 nitrogen and oxygen atoms in total. The molecule has 0 bridgehead atoms. The molecule has 0 radical (unpaired) electrons. The fourth-order valence-corrected chi connectivity index (χ4v) is 2.66. The van der Waals surface area contributed by atoms with Crippen LogP contribution in [-0.2, 0) is 0 Å². The van der Waals surface area contributed by atoms with Crippen molar-refractivity contribution in [3.8, 4) is 0 Å². The molecule has 0 fully saturated rings. The van der Waals surface area contributed by atoms with Crippen LogP contribution in [0.4, 0.5) is 10.1 Å². The van der Waals surface area contributed by atoms with Gasteiger partial charge in [0, 0.05) is 4.88 Å². The first kappa shape index (κ1) is 12.0. The average molecular weight is 251 g/mol. The maximum absolute atomic E-state index is 12.7. The largest absolute Gasteiger partial charge is 0.376 e. The first-order chi connectivity index (χ1) is 8.06. The SMILES string of the molecule is Cc1nc(C)c(C(C)Nc2ccc(F)nc2)s1. The molecule has 0 aliphatic rings. The Balaban J connectivity index is 2.14. The van der Waals surface area contributed by atoms with E-state index in [9.17, 15) is 4.39 Å². The van der Waals surface area contributed by atoms with E-state index < -0.39 is 5.95 Å². The number of pyridine rings is 1. The Morgan fingerprint density at radius 2 is 2.12 bits per heavy atom. The van der Waals surface area contributed by atoms with Crippen molar-refractivity contribution in [3.63, 3.8) is 0 Å². The second-order valence-electron chi connectivity index (χ2n) is 3.92. The van der Waals surface area contributed by atoms with Crippen LogP contribution in [0.3, 0.4) is 0 Å². The third-order valence-corrected chi connectivity index (χ3v) is 3.70. The quantitative estimate of drug-likeness (QED) is 0.849. The number of aromatic nitrogens is 2. The summed E-state index contributed by atoms with van der Waals surface area (Å²) in [7, 11) is 0. The molecule has 5 heteroatoms. The number of anilines is 1. The van der Waals surface area contributed by atoms with Gasteiger partial charge in [0.15, 0.2) is 0 Å². The number of hydrogen-bond acceptors (Lipinski definition) is 4. The van der Waals surface area contributed by atoms with Crippen LogP contribution in [0.5, 0.6) is 0 Å². The Morgan fingerprint density at radius 1 is 1.35 bits per heavy atom. The summed E-state index contributed by atoms with van der Waals surface area (Å²) >= 11 is 1.68. The molecular weight excluding hydrogens is 237 g/mol. The third-order valence-electron chi connectivity index (χ3n) is 2.44. The normalized spacial score (nSPS) is 12.5. The van der Waals surface area contributed by atoms with E-state index in [1.807, 2.05) is 13.8 Å². The van der Waals surface area contributed by atoms with Crippen molar-refractivity contribution in [3.05, 3.63) is 39.9 Å². The Hall–Kier alpha value is -1.49. The molecule has 90 valence electrons. The minimum absolute atomic E-state index is 0.147. The standard InChI is InChI=1S/C12H14FN3S/c1-7-12(17-9(3)15-7)8(2)16-10-4-5-11(13)14-6-10/h4-6,8,16H,1-3H3. The third kappa shape index (κ3) is 2.79. The lowest BCUT2D eigenvalue weighted by molar-refractivity contribution is 0.584. The average Bonchev–Trinajstić information content (AvgIpc) is 2.61. The summed E-state index contributed by atoms with van der Waals surface area (Å²) in [6.07, 6.45) is 1.50. The predicted octanol–water partition coefficient (Wildman–Crippen LogP) is 3.47. The van der Waals surface area contributed by atoms with Crippen LogP contribution in [0.25, 0.3) is 0 Å². The monoisotopic (exact) mass is 251 g/mol. The molecule has 0 aromatic carbocycles. The van der Waals surface area contributed by atoms with Crippen LogP contribution in [-0.4, -0.2) is 9.97 Å². The van der Waals surface area contributed by atoms with Crippen LogP contribution in [0, 0.1) is 19.8 Å². The van der Waals surface area contributed by atoms with E-state index in [2.05, 4.69) is 22.2 Å². The molecule has 1 N–H and O–H groups in total. The molecular formula is C12H14FN3S. The van der Waals surface area contributed by atoms with Crippen LogP contribution >= 0.6 is 11.3 Å². The molecule has 17 heavy (non-hydrogen) atoms. The van der Waals surface area contributed by atoms with E-state index in [-0.39, 0.29) is 6.04 Å². The number of rotatable bonds is 3. The number of hydrogen-bond donors (Lipinski definition) is 1. The highest BCUT2D eigenvalue weighted by molar-refractivity contribution is 7.11. The minimum Gasteiger partial charge on any atom is -0.376 e. The van der Waals surface area contributed by atoms with Crippen molar-refractivity contribution < 1.29 is 4.39 Å². The predicted molar refractivity (Wildman–Crippen MR) is 67.8 cm³/mol. The van der Waals surface area contributed by atoms with Crippen LogP contribution < -0.4 is 5.32 Å². The number of thiazole rings is 1. The molecule has 0 spiro atoms.